The zero-order valence-electron chi connectivity index (χ0n) is 13.6. The molecule has 25 heavy (non-hydrogen) atoms. The Bertz CT molecular complexity index is 983. The number of imidazole rings is 1. The molecule has 0 atom stereocenters. The van der Waals surface area contributed by atoms with Gasteiger partial charge in [-0.05, 0) is 37.1 Å². The molecule has 0 aliphatic carbocycles. The molecule has 128 valence electrons. The van der Waals surface area contributed by atoms with E-state index >= 15 is 0 Å². The summed E-state index contributed by atoms with van der Waals surface area (Å²) < 4.78 is 1.83. The van der Waals surface area contributed by atoms with Crippen LogP contribution in [0, 0.1) is 0 Å². The van der Waals surface area contributed by atoms with Crippen molar-refractivity contribution in [1.82, 2.24) is 14.5 Å². The summed E-state index contributed by atoms with van der Waals surface area (Å²) in [5.74, 6) is -0.0460. The van der Waals surface area contributed by atoms with Gasteiger partial charge in [0.2, 0.25) is 0 Å². The number of benzene rings is 2. The maximum atomic E-state index is 12.7. The molecule has 2 aromatic carbocycles. The van der Waals surface area contributed by atoms with Crippen molar-refractivity contribution >= 4 is 28.5 Å². The number of carbonyl (C=O) groups is 1. The molecule has 1 N–H and O–H groups in total. The van der Waals surface area contributed by atoms with E-state index in [9.17, 15) is 9.59 Å². The number of likely N-dealkylation sites (tertiary alicyclic amines) is 1. The van der Waals surface area contributed by atoms with Crippen LogP contribution in [-0.2, 0) is 0 Å². The Morgan fingerprint density at radius 3 is 2.48 bits per heavy atom. The van der Waals surface area contributed by atoms with Crippen molar-refractivity contribution in [2.75, 3.05) is 13.1 Å². The molecule has 0 saturated carbocycles. The van der Waals surface area contributed by atoms with Gasteiger partial charge >= 0.3 is 5.69 Å². The van der Waals surface area contributed by atoms with Crippen LogP contribution in [0.15, 0.2) is 53.3 Å². The molecule has 1 amide bonds. The number of para-hydroxylation sites is 2. The number of hydrogen-bond donors (Lipinski definition) is 1. The van der Waals surface area contributed by atoms with Crippen molar-refractivity contribution in [3.8, 4) is 0 Å². The van der Waals surface area contributed by atoms with Gasteiger partial charge in [0.15, 0.2) is 0 Å². The minimum atomic E-state index is -0.0860. The van der Waals surface area contributed by atoms with Crippen molar-refractivity contribution in [3.05, 3.63) is 69.6 Å². The number of piperidine rings is 1. The van der Waals surface area contributed by atoms with Gasteiger partial charge in [0.1, 0.15) is 0 Å². The largest absolute Gasteiger partial charge is 0.338 e. The molecule has 1 aliphatic heterocycles. The SMILES string of the molecule is O=C(c1ccccc1Cl)N1CCC(n2c(=O)[nH]c3ccccc32)CC1. The molecule has 1 saturated heterocycles. The van der Waals surface area contributed by atoms with Gasteiger partial charge in [-0.1, -0.05) is 35.9 Å². The molecule has 0 unspecified atom stereocenters. The average Bonchev–Trinajstić information content (AvgIpc) is 2.97. The Balaban J connectivity index is 1.54. The number of rotatable bonds is 2. The summed E-state index contributed by atoms with van der Waals surface area (Å²) in [5.41, 5.74) is 2.22. The number of halogens is 1. The number of nitrogens with zero attached hydrogens (tertiary/aromatic N) is 2. The lowest BCUT2D eigenvalue weighted by molar-refractivity contribution is 0.0695. The van der Waals surface area contributed by atoms with Gasteiger partial charge in [-0.3, -0.25) is 9.36 Å². The average molecular weight is 356 g/mol. The molecule has 0 bridgehead atoms. The summed E-state index contributed by atoms with van der Waals surface area (Å²) in [6.07, 6.45) is 1.50. The first kappa shape index (κ1) is 16.0. The van der Waals surface area contributed by atoms with Gasteiger partial charge in [-0.2, -0.15) is 0 Å². The molecule has 2 heterocycles. The first-order valence-electron chi connectivity index (χ1n) is 8.38. The molecular formula is C19H18ClN3O2. The molecule has 1 aliphatic rings. The predicted molar refractivity (Wildman–Crippen MR) is 98.2 cm³/mol. The van der Waals surface area contributed by atoms with Crippen LogP contribution in [0.25, 0.3) is 11.0 Å². The third kappa shape index (κ3) is 2.85. The van der Waals surface area contributed by atoms with E-state index < -0.39 is 0 Å². The van der Waals surface area contributed by atoms with Crippen LogP contribution in [0.1, 0.15) is 29.2 Å². The third-order valence-corrected chi connectivity index (χ3v) is 5.17. The number of nitrogens with one attached hydrogen (secondary N) is 1. The fraction of sp³-hybridized carbons (Fsp3) is 0.263. The molecule has 1 fully saturated rings. The highest BCUT2D eigenvalue weighted by Crippen LogP contribution is 2.26. The maximum Gasteiger partial charge on any atom is 0.326 e. The maximum absolute atomic E-state index is 12.7. The zero-order valence-corrected chi connectivity index (χ0v) is 14.4. The predicted octanol–water partition coefficient (Wildman–Crippen LogP) is 3.46. The Morgan fingerprint density at radius 2 is 1.72 bits per heavy atom. The second-order valence-electron chi connectivity index (χ2n) is 6.32. The van der Waals surface area contributed by atoms with Gasteiger partial charge in [0, 0.05) is 19.1 Å². The first-order valence-corrected chi connectivity index (χ1v) is 8.76. The highest BCUT2D eigenvalue weighted by Gasteiger charge is 2.27. The number of aromatic amines is 1. The van der Waals surface area contributed by atoms with E-state index in [1.165, 1.54) is 0 Å². The fourth-order valence-corrected chi connectivity index (χ4v) is 3.79. The zero-order chi connectivity index (χ0) is 17.4. The number of H-pyrrole nitrogens is 1. The van der Waals surface area contributed by atoms with E-state index in [0.717, 1.165) is 23.9 Å². The number of amides is 1. The van der Waals surface area contributed by atoms with Crippen LogP contribution in [0.3, 0.4) is 0 Å². The molecule has 1 aromatic heterocycles. The van der Waals surface area contributed by atoms with Crippen LogP contribution < -0.4 is 5.69 Å². The van der Waals surface area contributed by atoms with E-state index in [2.05, 4.69) is 4.98 Å². The molecule has 4 rings (SSSR count). The van der Waals surface area contributed by atoms with Crippen molar-refractivity contribution < 1.29 is 4.79 Å². The normalized spacial score (nSPS) is 15.6. The third-order valence-electron chi connectivity index (χ3n) is 4.85. The van der Waals surface area contributed by atoms with Gasteiger partial charge in [-0.15, -0.1) is 0 Å². The van der Waals surface area contributed by atoms with Crippen LogP contribution in [0.5, 0.6) is 0 Å². The number of fused-ring (bicyclic) bond motifs is 1. The molecule has 6 heteroatoms. The van der Waals surface area contributed by atoms with E-state index in [-0.39, 0.29) is 17.6 Å². The summed E-state index contributed by atoms with van der Waals surface area (Å²) in [7, 11) is 0. The first-order chi connectivity index (χ1) is 12.1. The molecular weight excluding hydrogens is 338 g/mol. The van der Waals surface area contributed by atoms with E-state index in [1.807, 2.05) is 45.9 Å². The lowest BCUT2D eigenvalue weighted by Gasteiger charge is -2.32. The minimum absolute atomic E-state index is 0.0460. The van der Waals surface area contributed by atoms with Gasteiger partial charge in [0.25, 0.3) is 5.91 Å². The highest BCUT2D eigenvalue weighted by atomic mass is 35.5. The van der Waals surface area contributed by atoms with Crippen LogP contribution in [-0.4, -0.2) is 33.4 Å². The summed E-state index contributed by atoms with van der Waals surface area (Å²) in [5, 5.41) is 0.475. The Morgan fingerprint density at radius 1 is 1.04 bits per heavy atom. The van der Waals surface area contributed by atoms with Crippen molar-refractivity contribution in [2.24, 2.45) is 0 Å². The Hall–Kier alpha value is -2.53. The number of carbonyl (C=O) groups excluding carboxylic acids is 1. The monoisotopic (exact) mass is 355 g/mol. The second-order valence-corrected chi connectivity index (χ2v) is 6.73. The van der Waals surface area contributed by atoms with Gasteiger partial charge in [0.05, 0.1) is 21.6 Å². The molecule has 0 radical (unpaired) electrons. The van der Waals surface area contributed by atoms with Crippen LogP contribution in [0.2, 0.25) is 5.02 Å². The molecule has 0 spiro atoms. The Kier molecular flexibility index (Phi) is 4.09. The molecule has 5 nitrogen and oxygen atoms in total. The van der Waals surface area contributed by atoms with E-state index in [1.54, 1.807) is 12.1 Å². The minimum Gasteiger partial charge on any atom is -0.338 e. The topological polar surface area (TPSA) is 58.1 Å². The Labute approximate surface area is 149 Å². The van der Waals surface area contributed by atoms with Gasteiger partial charge in [-0.25, -0.2) is 4.79 Å². The lowest BCUT2D eigenvalue weighted by atomic mass is 10.0. The fourth-order valence-electron chi connectivity index (χ4n) is 3.57. The molecule has 3 aromatic rings. The number of hydrogen-bond acceptors (Lipinski definition) is 2. The van der Waals surface area contributed by atoms with Crippen molar-refractivity contribution in [1.29, 1.82) is 0 Å². The summed E-state index contributed by atoms with van der Waals surface area (Å²) in [6, 6.07) is 14.9. The quantitative estimate of drug-likeness (QED) is 0.765. The van der Waals surface area contributed by atoms with E-state index in [4.69, 9.17) is 11.6 Å². The van der Waals surface area contributed by atoms with Gasteiger partial charge < -0.3 is 9.88 Å². The van der Waals surface area contributed by atoms with Crippen molar-refractivity contribution in [2.45, 2.75) is 18.9 Å². The number of aromatic nitrogens is 2. The summed E-state index contributed by atoms with van der Waals surface area (Å²) in [6.45, 7) is 1.22. The van der Waals surface area contributed by atoms with E-state index in [0.29, 0.717) is 23.7 Å². The van der Waals surface area contributed by atoms with Crippen molar-refractivity contribution in [3.63, 3.8) is 0 Å². The van der Waals surface area contributed by atoms with Crippen LogP contribution in [0.4, 0.5) is 0 Å². The second kappa shape index (κ2) is 6.41. The van der Waals surface area contributed by atoms with Crippen LogP contribution >= 0.6 is 11.6 Å². The standard InChI is InChI=1S/C19H18ClN3O2/c20-15-6-2-1-5-14(15)18(24)22-11-9-13(10-12-22)23-17-8-4-3-7-16(17)21-19(23)25/h1-8,13H,9-12H2,(H,21,25). The summed E-state index contributed by atoms with van der Waals surface area (Å²) in [4.78, 5) is 29.7. The summed E-state index contributed by atoms with van der Waals surface area (Å²) >= 11 is 6.14. The highest BCUT2D eigenvalue weighted by molar-refractivity contribution is 6.33. The lowest BCUT2D eigenvalue weighted by Crippen LogP contribution is -2.40. The smallest absolute Gasteiger partial charge is 0.326 e.